The molecule has 0 radical (unpaired) electrons. The summed E-state index contributed by atoms with van der Waals surface area (Å²) < 4.78 is 0.944. The van der Waals surface area contributed by atoms with E-state index in [1.165, 1.54) is 0 Å². The average Bonchev–Trinajstić information content (AvgIpc) is 2.73. The number of nitrogens with zero attached hydrogens (tertiary/aromatic N) is 1. The van der Waals surface area contributed by atoms with Gasteiger partial charge >= 0.3 is 0 Å². The van der Waals surface area contributed by atoms with Gasteiger partial charge in [-0.25, -0.2) is 0 Å². The van der Waals surface area contributed by atoms with Gasteiger partial charge in [-0.3, -0.25) is 4.79 Å². The molecule has 1 heterocycles. The smallest absolute Gasteiger partial charge is 0.253 e. The molecule has 4 nitrogen and oxygen atoms in total. The minimum absolute atomic E-state index is 0.0294. The van der Waals surface area contributed by atoms with Gasteiger partial charge in [-0.15, -0.1) is 0 Å². The third kappa shape index (κ3) is 2.68. The van der Waals surface area contributed by atoms with Crippen molar-refractivity contribution in [1.29, 1.82) is 0 Å². The first kappa shape index (κ1) is 12.5. The number of benzene rings is 1. The van der Waals surface area contributed by atoms with E-state index in [0.717, 1.165) is 4.47 Å². The normalized spacial score (nSPS) is 24.1. The molecule has 17 heavy (non-hydrogen) atoms. The van der Waals surface area contributed by atoms with Gasteiger partial charge in [0.2, 0.25) is 0 Å². The summed E-state index contributed by atoms with van der Waals surface area (Å²) in [6.07, 6.45) is 0.645. The Bertz CT molecular complexity index is 421. The number of likely N-dealkylation sites (tertiary alicyclic amines) is 1. The first-order valence-corrected chi connectivity index (χ1v) is 6.28. The summed E-state index contributed by atoms with van der Waals surface area (Å²) in [7, 11) is 0. The molecular weight excluding hydrogens is 284 g/mol. The Hall–Kier alpha value is -0.910. The fourth-order valence-corrected chi connectivity index (χ4v) is 2.24. The van der Waals surface area contributed by atoms with Crippen LogP contribution in [0.1, 0.15) is 16.8 Å². The molecule has 1 aliphatic rings. The van der Waals surface area contributed by atoms with Crippen molar-refractivity contribution in [3.8, 4) is 0 Å². The molecule has 1 saturated heterocycles. The third-order valence-corrected chi connectivity index (χ3v) is 3.61. The second-order valence-corrected chi connectivity index (χ2v) is 5.42. The number of carbonyl (C=O) groups excluding carboxylic acids is 1. The molecule has 0 saturated carbocycles. The Morgan fingerprint density at radius 3 is 2.65 bits per heavy atom. The van der Waals surface area contributed by atoms with E-state index in [1.54, 1.807) is 17.0 Å². The lowest BCUT2D eigenvalue weighted by molar-refractivity contribution is 0.0775. The van der Waals surface area contributed by atoms with Crippen molar-refractivity contribution in [3.63, 3.8) is 0 Å². The summed E-state index contributed by atoms with van der Waals surface area (Å²) >= 11 is 3.33. The minimum atomic E-state index is -0.634. The fraction of sp³-hybridized carbons (Fsp3) is 0.417. The molecule has 1 aliphatic heterocycles. The van der Waals surface area contributed by atoms with Crippen LogP contribution in [0.25, 0.3) is 0 Å². The zero-order valence-electron chi connectivity index (χ0n) is 9.40. The van der Waals surface area contributed by atoms with E-state index in [0.29, 0.717) is 25.1 Å². The predicted octanol–water partition coefficient (Wildman–Crippen LogP) is 0.985. The molecule has 0 bridgehead atoms. The Morgan fingerprint density at radius 1 is 1.47 bits per heavy atom. The van der Waals surface area contributed by atoms with Gasteiger partial charge in [0, 0.05) is 23.1 Å². The van der Waals surface area contributed by atoms with Crippen LogP contribution in [-0.2, 0) is 0 Å². The van der Waals surface area contributed by atoms with Crippen LogP contribution in [0.4, 0.5) is 0 Å². The molecule has 0 spiro atoms. The van der Waals surface area contributed by atoms with Gasteiger partial charge in [0.15, 0.2) is 0 Å². The van der Waals surface area contributed by atoms with Crippen molar-refractivity contribution in [3.05, 3.63) is 34.3 Å². The fourth-order valence-electron chi connectivity index (χ4n) is 1.97. The Kier molecular flexibility index (Phi) is 3.51. The number of rotatable bonds is 2. The van der Waals surface area contributed by atoms with Gasteiger partial charge in [-0.05, 0) is 30.7 Å². The van der Waals surface area contributed by atoms with Crippen molar-refractivity contribution in [2.24, 2.45) is 5.73 Å². The topological polar surface area (TPSA) is 66.6 Å². The highest BCUT2D eigenvalue weighted by Gasteiger charge is 2.36. The highest BCUT2D eigenvalue weighted by Crippen LogP contribution is 2.21. The van der Waals surface area contributed by atoms with Gasteiger partial charge in [0.1, 0.15) is 0 Å². The van der Waals surface area contributed by atoms with E-state index in [9.17, 15) is 4.79 Å². The first-order chi connectivity index (χ1) is 8.04. The highest BCUT2D eigenvalue weighted by molar-refractivity contribution is 9.10. The maximum absolute atomic E-state index is 12.1. The summed E-state index contributed by atoms with van der Waals surface area (Å²) in [5, 5.41) is 9.16. The van der Waals surface area contributed by atoms with Gasteiger partial charge in [-0.1, -0.05) is 15.9 Å². The van der Waals surface area contributed by atoms with Crippen LogP contribution < -0.4 is 5.73 Å². The largest absolute Gasteiger partial charge is 0.394 e. The molecule has 2 rings (SSSR count). The molecule has 0 aliphatic carbocycles. The van der Waals surface area contributed by atoms with E-state index >= 15 is 0 Å². The molecule has 92 valence electrons. The summed E-state index contributed by atoms with van der Waals surface area (Å²) in [5.41, 5.74) is 5.95. The molecule has 1 aromatic rings. The minimum Gasteiger partial charge on any atom is -0.394 e. The highest BCUT2D eigenvalue weighted by atomic mass is 79.9. The van der Waals surface area contributed by atoms with E-state index in [-0.39, 0.29) is 12.5 Å². The van der Waals surface area contributed by atoms with Crippen LogP contribution in [0.5, 0.6) is 0 Å². The first-order valence-electron chi connectivity index (χ1n) is 5.49. The molecular formula is C12H15BrN2O2. The Balaban J connectivity index is 2.09. The monoisotopic (exact) mass is 298 g/mol. The number of carbonyl (C=O) groups is 1. The number of halogens is 1. The van der Waals surface area contributed by atoms with Crippen LogP contribution in [0.2, 0.25) is 0 Å². The average molecular weight is 299 g/mol. The van der Waals surface area contributed by atoms with Crippen molar-refractivity contribution in [1.82, 2.24) is 4.90 Å². The van der Waals surface area contributed by atoms with E-state index in [4.69, 9.17) is 10.8 Å². The standard InChI is InChI=1S/C12H15BrN2O2/c13-10-3-1-9(2-4-10)11(17)15-6-5-12(14,7-15)8-16/h1-4,16H,5-8,14H2. The number of aliphatic hydroxyl groups is 1. The summed E-state index contributed by atoms with van der Waals surface area (Å²) in [6, 6.07) is 7.24. The zero-order valence-corrected chi connectivity index (χ0v) is 11.0. The van der Waals surface area contributed by atoms with E-state index < -0.39 is 5.54 Å². The second kappa shape index (κ2) is 4.76. The molecule has 5 heteroatoms. The van der Waals surface area contributed by atoms with Crippen molar-refractivity contribution in [2.75, 3.05) is 19.7 Å². The maximum atomic E-state index is 12.1. The molecule has 1 aromatic carbocycles. The number of hydrogen-bond acceptors (Lipinski definition) is 3. The van der Waals surface area contributed by atoms with Crippen molar-refractivity contribution in [2.45, 2.75) is 12.0 Å². The molecule has 1 amide bonds. The zero-order chi connectivity index (χ0) is 12.5. The van der Waals surface area contributed by atoms with Crippen LogP contribution in [0.15, 0.2) is 28.7 Å². The molecule has 0 aromatic heterocycles. The van der Waals surface area contributed by atoms with Crippen LogP contribution in [0.3, 0.4) is 0 Å². The second-order valence-electron chi connectivity index (χ2n) is 4.50. The molecule has 3 N–H and O–H groups in total. The SMILES string of the molecule is NC1(CO)CCN(C(=O)c2ccc(Br)cc2)C1. The number of aliphatic hydroxyl groups excluding tert-OH is 1. The maximum Gasteiger partial charge on any atom is 0.253 e. The lowest BCUT2D eigenvalue weighted by Crippen LogP contribution is -2.46. The van der Waals surface area contributed by atoms with Gasteiger partial charge in [0.05, 0.1) is 12.1 Å². The summed E-state index contributed by atoms with van der Waals surface area (Å²) in [6.45, 7) is 0.932. The quantitative estimate of drug-likeness (QED) is 0.855. The van der Waals surface area contributed by atoms with Crippen LogP contribution in [0, 0.1) is 0 Å². The Labute approximate surface area is 109 Å². The summed E-state index contributed by atoms with van der Waals surface area (Å²) in [4.78, 5) is 13.8. The lowest BCUT2D eigenvalue weighted by atomic mass is 10.0. The van der Waals surface area contributed by atoms with Crippen molar-refractivity contribution >= 4 is 21.8 Å². The van der Waals surface area contributed by atoms with E-state index in [2.05, 4.69) is 15.9 Å². The predicted molar refractivity (Wildman–Crippen MR) is 68.7 cm³/mol. The third-order valence-electron chi connectivity index (χ3n) is 3.08. The molecule has 1 fully saturated rings. The van der Waals surface area contributed by atoms with Crippen molar-refractivity contribution < 1.29 is 9.90 Å². The number of amides is 1. The van der Waals surface area contributed by atoms with Gasteiger partial charge in [0.25, 0.3) is 5.91 Å². The van der Waals surface area contributed by atoms with Crippen LogP contribution >= 0.6 is 15.9 Å². The van der Waals surface area contributed by atoms with Gasteiger partial charge in [-0.2, -0.15) is 0 Å². The van der Waals surface area contributed by atoms with Gasteiger partial charge < -0.3 is 15.7 Å². The van der Waals surface area contributed by atoms with E-state index in [1.807, 2.05) is 12.1 Å². The number of hydrogen-bond donors (Lipinski definition) is 2. The van der Waals surface area contributed by atoms with Crippen LogP contribution in [-0.4, -0.2) is 41.1 Å². The molecule has 1 atom stereocenters. The molecule has 1 unspecified atom stereocenters. The Morgan fingerprint density at radius 2 is 2.12 bits per heavy atom. The summed E-state index contributed by atoms with van der Waals surface area (Å²) in [5.74, 6) is -0.0294. The lowest BCUT2D eigenvalue weighted by Gasteiger charge is -2.22. The number of nitrogens with two attached hydrogens (primary N) is 1.